The summed E-state index contributed by atoms with van der Waals surface area (Å²) >= 11 is 0. The Balaban J connectivity index is 1.77. The van der Waals surface area contributed by atoms with Gasteiger partial charge in [0.2, 0.25) is 0 Å². The van der Waals surface area contributed by atoms with E-state index in [1.807, 2.05) is 24.3 Å². The standard InChI is InChI=1S/C16H21N3O/c1-2-19-9-7-12(8-10-19)11-15-17-14-6-4-3-5-13(14)16(20)18-15/h3-6,12H,2,7-11H2,1H3,(H,17,18,20). The average Bonchev–Trinajstić information content (AvgIpc) is 2.48. The first kappa shape index (κ1) is 13.3. The molecule has 2 aromatic rings. The van der Waals surface area contributed by atoms with E-state index >= 15 is 0 Å². The topological polar surface area (TPSA) is 49.0 Å². The van der Waals surface area contributed by atoms with Crippen LogP contribution in [0.3, 0.4) is 0 Å². The Bertz CT molecular complexity index is 641. The van der Waals surface area contributed by atoms with Crippen molar-refractivity contribution in [3.8, 4) is 0 Å². The lowest BCUT2D eigenvalue weighted by molar-refractivity contribution is 0.191. The Morgan fingerprint density at radius 1 is 1.30 bits per heavy atom. The van der Waals surface area contributed by atoms with Gasteiger partial charge in [-0.3, -0.25) is 4.79 Å². The highest BCUT2D eigenvalue weighted by Gasteiger charge is 2.19. The van der Waals surface area contributed by atoms with E-state index in [2.05, 4.69) is 21.8 Å². The zero-order valence-electron chi connectivity index (χ0n) is 11.9. The van der Waals surface area contributed by atoms with Crippen LogP contribution in [0.25, 0.3) is 10.9 Å². The molecular formula is C16H21N3O. The van der Waals surface area contributed by atoms with Crippen LogP contribution in [-0.4, -0.2) is 34.5 Å². The van der Waals surface area contributed by atoms with Crippen LogP contribution in [0.1, 0.15) is 25.6 Å². The van der Waals surface area contributed by atoms with Crippen molar-refractivity contribution in [2.24, 2.45) is 5.92 Å². The van der Waals surface area contributed by atoms with Crippen molar-refractivity contribution in [1.29, 1.82) is 0 Å². The summed E-state index contributed by atoms with van der Waals surface area (Å²) < 4.78 is 0. The number of piperidine rings is 1. The van der Waals surface area contributed by atoms with E-state index in [4.69, 9.17) is 0 Å². The van der Waals surface area contributed by atoms with Gasteiger partial charge >= 0.3 is 0 Å². The highest BCUT2D eigenvalue weighted by atomic mass is 16.1. The summed E-state index contributed by atoms with van der Waals surface area (Å²) in [5.41, 5.74) is 0.786. The maximum atomic E-state index is 12.0. The lowest BCUT2D eigenvalue weighted by atomic mass is 9.93. The molecule has 0 saturated carbocycles. The van der Waals surface area contributed by atoms with E-state index in [1.54, 1.807) is 0 Å². The largest absolute Gasteiger partial charge is 0.310 e. The molecule has 1 N–H and O–H groups in total. The van der Waals surface area contributed by atoms with Gasteiger partial charge in [0, 0.05) is 6.42 Å². The van der Waals surface area contributed by atoms with Crippen LogP contribution in [0.4, 0.5) is 0 Å². The minimum Gasteiger partial charge on any atom is -0.310 e. The Morgan fingerprint density at radius 2 is 2.05 bits per heavy atom. The number of hydrogen-bond acceptors (Lipinski definition) is 3. The highest BCUT2D eigenvalue weighted by Crippen LogP contribution is 2.20. The Morgan fingerprint density at radius 3 is 2.80 bits per heavy atom. The number of H-pyrrole nitrogens is 1. The van der Waals surface area contributed by atoms with E-state index in [0.717, 1.165) is 24.3 Å². The molecule has 0 amide bonds. The average molecular weight is 271 g/mol. The molecule has 0 radical (unpaired) electrons. The number of nitrogens with zero attached hydrogens (tertiary/aromatic N) is 2. The second kappa shape index (κ2) is 5.75. The zero-order valence-corrected chi connectivity index (χ0v) is 11.9. The summed E-state index contributed by atoms with van der Waals surface area (Å²) in [4.78, 5) is 22.1. The van der Waals surface area contributed by atoms with Crippen LogP contribution in [0, 0.1) is 5.92 Å². The van der Waals surface area contributed by atoms with Gasteiger partial charge in [-0.1, -0.05) is 19.1 Å². The number of rotatable bonds is 3. The number of hydrogen-bond donors (Lipinski definition) is 1. The minimum atomic E-state index is -0.0170. The number of benzene rings is 1. The van der Waals surface area contributed by atoms with Crippen LogP contribution >= 0.6 is 0 Å². The first-order chi connectivity index (χ1) is 9.76. The molecule has 1 fully saturated rings. The summed E-state index contributed by atoms with van der Waals surface area (Å²) in [6.07, 6.45) is 3.28. The quantitative estimate of drug-likeness (QED) is 0.931. The lowest BCUT2D eigenvalue weighted by Crippen LogP contribution is -2.34. The Labute approximate surface area is 118 Å². The molecule has 1 aliphatic rings. The van der Waals surface area contributed by atoms with E-state index in [1.165, 1.54) is 25.9 Å². The molecule has 0 atom stereocenters. The predicted octanol–water partition coefficient (Wildman–Crippen LogP) is 2.20. The van der Waals surface area contributed by atoms with Crippen LogP contribution in [0.15, 0.2) is 29.1 Å². The smallest absolute Gasteiger partial charge is 0.258 e. The molecule has 0 unspecified atom stereocenters. The molecule has 1 aromatic carbocycles. The van der Waals surface area contributed by atoms with Gasteiger partial charge in [-0.25, -0.2) is 4.98 Å². The molecular weight excluding hydrogens is 250 g/mol. The maximum Gasteiger partial charge on any atom is 0.258 e. The molecule has 0 spiro atoms. The molecule has 20 heavy (non-hydrogen) atoms. The Kier molecular flexibility index (Phi) is 3.83. The normalized spacial score (nSPS) is 17.6. The van der Waals surface area contributed by atoms with Gasteiger partial charge in [-0.15, -0.1) is 0 Å². The van der Waals surface area contributed by atoms with Crippen molar-refractivity contribution >= 4 is 10.9 Å². The number of aromatic amines is 1. The minimum absolute atomic E-state index is 0.0170. The van der Waals surface area contributed by atoms with Gasteiger partial charge in [0.1, 0.15) is 5.82 Å². The highest BCUT2D eigenvalue weighted by molar-refractivity contribution is 5.77. The first-order valence-corrected chi connectivity index (χ1v) is 7.46. The molecule has 4 nitrogen and oxygen atoms in total. The summed E-state index contributed by atoms with van der Waals surface area (Å²) in [6, 6.07) is 7.54. The van der Waals surface area contributed by atoms with Crippen molar-refractivity contribution in [3.05, 3.63) is 40.4 Å². The van der Waals surface area contributed by atoms with Gasteiger partial charge in [-0.2, -0.15) is 0 Å². The van der Waals surface area contributed by atoms with Gasteiger partial charge in [0.15, 0.2) is 0 Å². The van der Waals surface area contributed by atoms with Crippen LogP contribution in [-0.2, 0) is 6.42 Å². The van der Waals surface area contributed by atoms with Gasteiger partial charge in [-0.05, 0) is 50.5 Å². The van der Waals surface area contributed by atoms with Gasteiger partial charge in [0.05, 0.1) is 10.9 Å². The summed E-state index contributed by atoms with van der Waals surface area (Å²) in [5, 5.41) is 0.678. The third-order valence-electron chi connectivity index (χ3n) is 4.30. The molecule has 1 aromatic heterocycles. The maximum absolute atomic E-state index is 12.0. The van der Waals surface area contributed by atoms with Gasteiger partial charge < -0.3 is 9.88 Å². The first-order valence-electron chi connectivity index (χ1n) is 7.46. The molecule has 2 heterocycles. The van der Waals surface area contributed by atoms with E-state index in [9.17, 15) is 4.79 Å². The van der Waals surface area contributed by atoms with Crippen molar-refractivity contribution in [3.63, 3.8) is 0 Å². The monoisotopic (exact) mass is 271 g/mol. The summed E-state index contributed by atoms with van der Waals surface area (Å²) in [5.74, 6) is 1.48. The zero-order chi connectivity index (χ0) is 13.9. The van der Waals surface area contributed by atoms with E-state index in [-0.39, 0.29) is 5.56 Å². The number of aromatic nitrogens is 2. The Hall–Kier alpha value is -1.68. The second-order valence-electron chi connectivity index (χ2n) is 5.61. The molecule has 1 aliphatic heterocycles. The van der Waals surface area contributed by atoms with Crippen molar-refractivity contribution in [2.45, 2.75) is 26.2 Å². The SMILES string of the molecule is CCN1CCC(Cc2nc3ccccc3c(=O)[nH]2)CC1. The van der Waals surface area contributed by atoms with Crippen LogP contribution in [0.2, 0.25) is 0 Å². The van der Waals surface area contributed by atoms with E-state index in [0.29, 0.717) is 11.3 Å². The fourth-order valence-corrected chi connectivity index (χ4v) is 3.01. The van der Waals surface area contributed by atoms with Gasteiger partial charge in [0.25, 0.3) is 5.56 Å². The van der Waals surface area contributed by atoms with Crippen molar-refractivity contribution in [1.82, 2.24) is 14.9 Å². The number of nitrogens with one attached hydrogen (secondary N) is 1. The number of likely N-dealkylation sites (tertiary alicyclic amines) is 1. The molecule has 0 aliphatic carbocycles. The molecule has 3 rings (SSSR count). The summed E-state index contributed by atoms with van der Waals surface area (Å²) in [6.45, 7) is 5.68. The van der Waals surface area contributed by atoms with Crippen LogP contribution < -0.4 is 5.56 Å². The third-order valence-corrected chi connectivity index (χ3v) is 4.30. The third kappa shape index (κ3) is 2.75. The molecule has 0 bridgehead atoms. The number of para-hydroxylation sites is 1. The number of fused-ring (bicyclic) bond motifs is 1. The molecule has 106 valence electrons. The second-order valence-corrected chi connectivity index (χ2v) is 5.61. The van der Waals surface area contributed by atoms with Crippen LogP contribution in [0.5, 0.6) is 0 Å². The van der Waals surface area contributed by atoms with Crippen molar-refractivity contribution < 1.29 is 0 Å². The van der Waals surface area contributed by atoms with Crippen molar-refractivity contribution in [2.75, 3.05) is 19.6 Å². The predicted molar refractivity (Wildman–Crippen MR) is 80.9 cm³/mol. The fourth-order valence-electron chi connectivity index (χ4n) is 3.01. The molecule has 1 saturated heterocycles. The van der Waals surface area contributed by atoms with E-state index < -0.39 is 0 Å². The lowest BCUT2D eigenvalue weighted by Gasteiger charge is -2.30. The summed E-state index contributed by atoms with van der Waals surface area (Å²) in [7, 11) is 0. The molecule has 4 heteroatoms. The fraction of sp³-hybridized carbons (Fsp3) is 0.500.